The molecular formula is C13H18BrN3S. The second-order valence-corrected chi connectivity index (χ2v) is 6.45. The Labute approximate surface area is 120 Å². The van der Waals surface area contributed by atoms with Gasteiger partial charge < -0.3 is 9.88 Å². The molecule has 0 aromatic carbocycles. The predicted octanol–water partition coefficient (Wildman–Crippen LogP) is 3.62. The molecule has 2 heterocycles. The van der Waals surface area contributed by atoms with Crippen LogP contribution in [0.15, 0.2) is 28.3 Å². The summed E-state index contributed by atoms with van der Waals surface area (Å²) in [5.41, 5.74) is 0. The fourth-order valence-corrected chi connectivity index (χ4v) is 3.29. The Kier molecular flexibility index (Phi) is 4.97. The molecule has 2 aromatic rings. The van der Waals surface area contributed by atoms with E-state index in [0.29, 0.717) is 5.92 Å². The second kappa shape index (κ2) is 6.50. The Morgan fingerprint density at radius 2 is 2.33 bits per heavy atom. The van der Waals surface area contributed by atoms with Gasteiger partial charge in [0.1, 0.15) is 5.82 Å². The quantitative estimate of drug-likeness (QED) is 0.821. The van der Waals surface area contributed by atoms with E-state index in [0.717, 1.165) is 25.5 Å². The first-order valence-electron chi connectivity index (χ1n) is 6.11. The third kappa shape index (κ3) is 3.67. The molecule has 0 saturated carbocycles. The van der Waals surface area contributed by atoms with Gasteiger partial charge in [0, 0.05) is 52.7 Å². The van der Waals surface area contributed by atoms with Crippen LogP contribution in [-0.2, 0) is 13.1 Å². The Bertz CT molecular complexity index is 490. The van der Waals surface area contributed by atoms with Crippen LogP contribution in [0, 0.1) is 0 Å². The van der Waals surface area contributed by atoms with Crippen molar-refractivity contribution >= 4 is 27.3 Å². The fraction of sp³-hybridized carbons (Fsp3) is 0.462. The van der Waals surface area contributed by atoms with E-state index in [4.69, 9.17) is 0 Å². The number of thiophene rings is 1. The zero-order chi connectivity index (χ0) is 13.0. The minimum Gasteiger partial charge on any atom is -0.333 e. The normalized spacial score (nSPS) is 11.3. The lowest BCUT2D eigenvalue weighted by molar-refractivity contribution is 0.567. The van der Waals surface area contributed by atoms with Gasteiger partial charge in [0.05, 0.1) is 0 Å². The van der Waals surface area contributed by atoms with Gasteiger partial charge in [0.2, 0.25) is 0 Å². The SMILES string of the molecule is CC(C)c1nccn1CCNCc1cc(Br)cs1. The van der Waals surface area contributed by atoms with E-state index in [1.165, 1.54) is 9.35 Å². The predicted molar refractivity (Wildman–Crippen MR) is 80.0 cm³/mol. The number of nitrogens with zero attached hydrogens (tertiary/aromatic N) is 2. The average Bonchev–Trinajstić information content (AvgIpc) is 2.93. The van der Waals surface area contributed by atoms with E-state index in [2.05, 4.69) is 62.3 Å². The van der Waals surface area contributed by atoms with E-state index >= 15 is 0 Å². The number of nitrogens with one attached hydrogen (secondary N) is 1. The van der Waals surface area contributed by atoms with Gasteiger partial charge in [-0.25, -0.2) is 4.98 Å². The van der Waals surface area contributed by atoms with Gasteiger partial charge in [-0.3, -0.25) is 0 Å². The molecule has 0 aliphatic heterocycles. The molecule has 1 N–H and O–H groups in total. The van der Waals surface area contributed by atoms with Gasteiger partial charge in [-0.2, -0.15) is 0 Å². The molecule has 2 rings (SSSR count). The summed E-state index contributed by atoms with van der Waals surface area (Å²) in [4.78, 5) is 5.74. The average molecular weight is 328 g/mol. The highest BCUT2D eigenvalue weighted by Gasteiger charge is 2.06. The summed E-state index contributed by atoms with van der Waals surface area (Å²) in [6, 6.07) is 2.16. The smallest absolute Gasteiger partial charge is 0.111 e. The first kappa shape index (κ1) is 13.8. The van der Waals surface area contributed by atoms with Gasteiger partial charge in [-0.05, 0) is 22.0 Å². The molecular weight excluding hydrogens is 310 g/mol. The molecule has 0 fully saturated rings. The lowest BCUT2D eigenvalue weighted by Gasteiger charge is -2.10. The number of aromatic nitrogens is 2. The van der Waals surface area contributed by atoms with E-state index in [-0.39, 0.29) is 0 Å². The van der Waals surface area contributed by atoms with Crippen LogP contribution < -0.4 is 5.32 Å². The monoisotopic (exact) mass is 327 g/mol. The summed E-state index contributed by atoms with van der Waals surface area (Å²) >= 11 is 5.25. The van der Waals surface area contributed by atoms with Crippen LogP contribution in [0.4, 0.5) is 0 Å². The Morgan fingerprint density at radius 1 is 1.50 bits per heavy atom. The maximum absolute atomic E-state index is 4.39. The number of hydrogen-bond acceptors (Lipinski definition) is 3. The topological polar surface area (TPSA) is 29.9 Å². The lowest BCUT2D eigenvalue weighted by atomic mass is 10.2. The summed E-state index contributed by atoms with van der Waals surface area (Å²) in [6.07, 6.45) is 3.93. The van der Waals surface area contributed by atoms with Crippen LogP contribution in [0.3, 0.4) is 0 Å². The zero-order valence-corrected chi connectivity index (χ0v) is 13.1. The molecule has 0 radical (unpaired) electrons. The molecule has 0 saturated heterocycles. The van der Waals surface area contributed by atoms with E-state index in [9.17, 15) is 0 Å². The zero-order valence-electron chi connectivity index (χ0n) is 10.7. The van der Waals surface area contributed by atoms with Crippen LogP contribution >= 0.6 is 27.3 Å². The third-order valence-corrected chi connectivity index (χ3v) is 4.41. The van der Waals surface area contributed by atoms with Crippen molar-refractivity contribution in [1.29, 1.82) is 0 Å². The van der Waals surface area contributed by atoms with Gasteiger partial charge >= 0.3 is 0 Å². The van der Waals surface area contributed by atoms with Crippen LogP contribution in [0.2, 0.25) is 0 Å². The number of imidazole rings is 1. The highest BCUT2D eigenvalue weighted by molar-refractivity contribution is 9.10. The lowest BCUT2D eigenvalue weighted by Crippen LogP contribution is -2.20. The van der Waals surface area contributed by atoms with Gasteiger partial charge in [0.25, 0.3) is 0 Å². The fourth-order valence-electron chi connectivity index (χ4n) is 1.87. The molecule has 3 nitrogen and oxygen atoms in total. The summed E-state index contributed by atoms with van der Waals surface area (Å²) in [6.45, 7) is 7.22. The Morgan fingerprint density at radius 3 is 3.00 bits per heavy atom. The van der Waals surface area contributed by atoms with Crippen molar-refractivity contribution in [2.24, 2.45) is 0 Å². The van der Waals surface area contributed by atoms with Crippen molar-refractivity contribution in [3.63, 3.8) is 0 Å². The first-order valence-corrected chi connectivity index (χ1v) is 7.78. The second-order valence-electron chi connectivity index (χ2n) is 4.54. The summed E-state index contributed by atoms with van der Waals surface area (Å²) in [7, 11) is 0. The largest absolute Gasteiger partial charge is 0.333 e. The van der Waals surface area contributed by atoms with Crippen molar-refractivity contribution in [3.8, 4) is 0 Å². The highest BCUT2D eigenvalue weighted by atomic mass is 79.9. The summed E-state index contributed by atoms with van der Waals surface area (Å²) < 4.78 is 3.39. The minimum absolute atomic E-state index is 0.480. The molecule has 0 aliphatic carbocycles. The number of hydrogen-bond donors (Lipinski definition) is 1. The standard InChI is InChI=1S/C13H18BrN3S/c1-10(2)13-16-4-6-17(13)5-3-15-8-12-7-11(14)9-18-12/h4,6-7,9-10,15H,3,5,8H2,1-2H3. The van der Waals surface area contributed by atoms with Crippen LogP contribution in [0.5, 0.6) is 0 Å². The molecule has 0 unspecified atom stereocenters. The highest BCUT2D eigenvalue weighted by Crippen LogP contribution is 2.19. The van der Waals surface area contributed by atoms with Gasteiger partial charge in [-0.15, -0.1) is 11.3 Å². The van der Waals surface area contributed by atoms with Crippen molar-refractivity contribution in [3.05, 3.63) is 39.0 Å². The molecule has 0 bridgehead atoms. The van der Waals surface area contributed by atoms with Crippen molar-refractivity contribution in [1.82, 2.24) is 14.9 Å². The summed E-state index contributed by atoms with van der Waals surface area (Å²) in [5.74, 6) is 1.64. The molecule has 18 heavy (non-hydrogen) atoms. The molecule has 2 aromatic heterocycles. The van der Waals surface area contributed by atoms with Crippen molar-refractivity contribution in [2.45, 2.75) is 32.9 Å². The number of halogens is 1. The Hall–Kier alpha value is -0.650. The van der Waals surface area contributed by atoms with E-state index in [1.54, 1.807) is 11.3 Å². The van der Waals surface area contributed by atoms with Crippen LogP contribution in [-0.4, -0.2) is 16.1 Å². The van der Waals surface area contributed by atoms with Crippen LogP contribution in [0.1, 0.15) is 30.5 Å². The molecule has 5 heteroatoms. The number of rotatable bonds is 6. The molecule has 0 spiro atoms. The molecule has 0 aliphatic rings. The van der Waals surface area contributed by atoms with Crippen LogP contribution in [0.25, 0.3) is 0 Å². The Balaban J connectivity index is 1.77. The van der Waals surface area contributed by atoms with Gasteiger partial charge in [0.15, 0.2) is 0 Å². The molecule has 0 atom stereocenters. The molecule has 98 valence electrons. The summed E-state index contributed by atoms with van der Waals surface area (Å²) in [5, 5.41) is 5.58. The van der Waals surface area contributed by atoms with Crippen molar-refractivity contribution in [2.75, 3.05) is 6.54 Å². The minimum atomic E-state index is 0.480. The third-order valence-electron chi connectivity index (χ3n) is 2.71. The first-order chi connectivity index (χ1) is 8.66. The van der Waals surface area contributed by atoms with Crippen molar-refractivity contribution < 1.29 is 0 Å². The maximum Gasteiger partial charge on any atom is 0.111 e. The maximum atomic E-state index is 4.39. The van der Waals surface area contributed by atoms with E-state index < -0.39 is 0 Å². The van der Waals surface area contributed by atoms with E-state index in [1.807, 2.05) is 6.20 Å². The molecule has 0 amide bonds. The van der Waals surface area contributed by atoms with Gasteiger partial charge in [-0.1, -0.05) is 13.8 Å².